The van der Waals surface area contributed by atoms with Crippen LogP contribution in [0.5, 0.6) is 0 Å². The number of hydrogen-bond acceptors (Lipinski definition) is 3. The first-order valence-corrected chi connectivity index (χ1v) is 14.1. The summed E-state index contributed by atoms with van der Waals surface area (Å²) in [5.41, 5.74) is 0. The maximum absolute atomic E-state index is 11.6. The van der Waals surface area contributed by atoms with Crippen molar-refractivity contribution in [2.75, 3.05) is 0 Å². The van der Waals surface area contributed by atoms with Gasteiger partial charge in [-0.2, -0.15) is 8.42 Å². The van der Waals surface area contributed by atoms with Gasteiger partial charge in [-0.15, -0.1) is 0 Å². The lowest BCUT2D eigenvalue weighted by molar-refractivity contribution is 0.147. The second kappa shape index (κ2) is 19.8. The molecule has 5 heteroatoms. The molecule has 0 aliphatic heterocycles. The highest BCUT2D eigenvalue weighted by atomic mass is 32.2. The van der Waals surface area contributed by atoms with Crippen LogP contribution in [0.15, 0.2) is 0 Å². The van der Waals surface area contributed by atoms with Gasteiger partial charge in [-0.25, -0.2) is 0 Å². The maximum Gasteiger partial charge on any atom is 0.267 e. The Morgan fingerprint density at radius 1 is 0.552 bits per heavy atom. The molecule has 0 aliphatic carbocycles. The summed E-state index contributed by atoms with van der Waals surface area (Å²) in [5, 5.41) is 9.47. The molecule has 0 heterocycles. The molecule has 4 nitrogen and oxygen atoms in total. The lowest BCUT2D eigenvalue weighted by atomic mass is 10.0. The molecular formula is C24H50O4S. The molecular weight excluding hydrogens is 384 g/mol. The molecule has 0 aliphatic rings. The molecule has 0 spiro atoms. The third kappa shape index (κ3) is 19.6. The molecule has 0 fully saturated rings. The predicted octanol–water partition coefficient (Wildman–Crippen LogP) is 7.45. The van der Waals surface area contributed by atoms with Crippen molar-refractivity contribution in [2.24, 2.45) is 0 Å². The van der Waals surface area contributed by atoms with E-state index in [1.54, 1.807) is 0 Å². The molecule has 176 valence electrons. The van der Waals surface area contributed by atoms with E-state index in [-0.39, 0.29) is 0 Å². The summed E-state index contributed by atoms with van der Waals surface area (Å²) in [5.74, 6) is 0. The Morgan fingerprint density at radius 3 is 1.34 bits per heavy atom. The van der Waals surface area contributed by atoms with Gasteiger partial charge in [0.1, 0.15) is 0 Å². The van der Waals surface area contributed by atoms with Crippen LogP contribution in [0.3, 0.4) is 0 Å². The van der Waals surface area contributed by atoms with Crippen LogP contribution in [-0.4, -0.2) is 29.4 Å². The number of hydrogen-bond donors (Lipinski definition) is 2. The summed E-state index contributed by atoms with van der Waals surface area (Å²) in [7, 11) is -4.01. The van der Waals surface area contributed by atoms with Crippen LogP contribution >= 0.6 is 0 Å². The molecule has 29 heavy (non-hydrogen) atoms. The first-order valence-electron chi connectivity index (χ1n) is 12.6. The number of rotatable bonds is 22. The van der Waals surface area contributed by atoms with Crippen LogP contribution in [0.4, 0.5) is 0 Å². The van der Waals surface area contributed by atoms with Gasteiger partial charge in [0, 0.05) is 0 Å². The monoisotopic (exact) mass is 434 g/mol. The largest absolute Gasteiger partial charge is 0.393 e. The van der Waals surface area contributed by atoms with Crippen molar-refractivity contribution >= 4 is 10.1 Å². The minimum Gasteiger partial charge on any atom is -0.393 e. The number of aliphatic hydroxyl groups excluding tert-OH is 1. The Labute approximate surface area is 182 Å². The first-order chi connectivity index (χ1) is 13.9. The van der Waals surface area contributed by atoms with Gasteiger partial charge in [-0.05, 0) is 25.7 Å². The van der Waals surface area contributed by atoms with Gasteiger partial charge < -0.3 is 5.11 Å². The van der Waals surface area contributed by atoms with Gasteiger partial charge in [0.25, 0.3) is 10.1 Å². The topological polar surface area (TPSA) is 74.6 Å². The van der Waals surface area contributed by atoms with E-state index in [1.165, 1.54) is 70.6 Å². The van der Waals surface area contributed by atoms with Crippen molar-refractivity contribution < 1.29 is 18.1 Å². The molecule has 0 aromatic heterocycles. The molecule has 0 aromatic rings. The van der Waals surface area contributed by atoms with Crippen molar-refractivity contribution in [3.8, 4) is 0 Å². The fraction of sp³-hybridized carbons (Fsp3) is 1.00. The molecule has 0 aromatic carbocycles. The molecule has 0 saturated heterocycles. The highest BCUT2D eigenvalue weighted by Gasteiger charge is 2.23. The van der Waals surface area contributed by atoms with Crippen LogP contribution in [0.1, 0.15) is 142 Å². The lowest BCUT2D eigenvalue weighted by Gasteiger charge is -2.16. The summed E-state index contributed by atoms with van der Waals surface area (Å²) in [6, 6.07) is 0. The van der Waals surface area contributed by atoms with Crippen LogP contribution in [-0.2, 0) is 10.1 Å². The normalized spacial score (nSPS) is 14.2. The van der Waals surface area contributed by atoms with E-state index in [4.69, 9.17) is 0 Å². The van der Waals surface area contributed by atoms with Crippen molar-refractivity contribution in [3.05, 3.63) is 0 Å². The number of aliphatic hydroxyl groups is 1. The quantitative estimate of drug-likeness (QED) is 0.137. The summed E-state index contributed by atoms with van der Waals surface area (Å²) < 4.78 is 32.7. The summed E-state index contributed by atoms with van der Waals surface area (Å²) in [4.78, 5) is 0. The van der Waals surface area contributed by atoms with Crippen molar-refractivity contribution in [2.45, 2.75) is 154 Å². The van der Waals surface area contributed by atoms with Gasteiger partial charge >= 0.3 is 0 Å². The summed E-state index contributed by atoms with van der Waals surface area (Å²) in [6.07, 6.45) is 21.0. The van der Waals surface area contributed by atoms with Crippen LogP contribution < -0.4 is 0 Å². The lowest BCUT2D eigenvalue weighted by Crippen LogP contribution is -2.22. The molecule has 0 radical (unpaired) electrons. The average Bonchev–Trinajstić information content (AvgIpc) is 2.67. The van der Waals surface area contributed by atoms with Gasteiger partial charge in [-0.1, -0.05) is 117 Å². The number of unbranched alkanes of at least 4 members (excludes halogenated alkanes) is 14. The fourth-order valence-electron chi connectivity index (χ4n) is 3.98. The standard InChI is InChI=1S/C24H50O4S/c1-3-5-7-9-11-12-13-14-15-17-19-23(25)21-22-24(29(26,27)28)20-18-16-10-8-6-4-2/h23-25H,3-22H2,1-2H3,(H,26,27,28). The van der Waals surface area contributed by atoms with Crippen LogP contribution in [0, 0.1) is 0 Å². The Kier molecular flexibility index (Phi) is 19.7. The highest BCUT2D eigenvalue weighted by Crippen LogP contribution is 2.20. The van der Waals surface area contributed by atoms with E-state index in [0.717, 1.165) is 38.5 Å². The fourth-order valence-corrected chi connectivity index (χ4v) is 4.88. The molecule has 2 unspecified atom stereocenters. The third-order valence-corrected chi connectivity index (χ3v) is 7.33. The van der Waals surface area contributed by atoms with Gasteiger partial charge in [0.05, 0.1) is 11.4 Å². The SMILES string of the molecule is CCCCCCCCCCCCC(O)CCC(CCCCCCCC)S(=O)(=O)O. The highest BCUT2D eigenvalue weighted by molar-refractivity contribution is 7.86. The molecule has 2 N–H and O–H groups in total. The molecule has 0 rings (SSSR count). The Balaban J connectivity index is 3.76. The molecule has 0 amide bonds. The van der Waals surface area contributed by atoms with Crippen molar-refractivity contribution in [1.29, 1.82) is 0 Å². The van der Waals surface area contributed by atoms with E-state index < -0.39 is 21.5 Å². The molecule has 0 bridgehead atoms. The van der Waals surface area contributed by atoms with E-state index in [1.807, 2.05) is 0 Å². The Bertz CT molecular complexity index is 436. The minimum absolute atomic E-state index is 0.368. The van der Waals surface area contributed by atoms with Crippen molar-refractivity contribution in [3.63, 3.8) is 0 Å². The smallest absolute Gasteiger partial charge is 0.267 e. The second-order valence-corrected chi connectivity index (χ2v) is 10.6. The molecule has 0 saturated carbocycles. The van der Waals surface area contributed by atoms with Crippen LogP contribution in [0.2, 0.25) is 0 Å². The Morgan fingerprint density at radius 2 is 0.931 bits per heavy atom. The average molecular weight is 435 g/mol. The summed E-state index contributed by atoms with van der Waals surface area (Å²) in [6.45, 7) is 4.42. The summed E-state index contributed by atoms with van der Waals surface area (Å²) >= 11 is 0. The maximum atomic E-state index is 11.6. The van der Waals surface area contributed by atoms with E-state index in [0.29, 0.717) is 19.3 Å². The second-order valence-electron chi connectivity index (χ2n) is 8.90. The molecule has 2 atom stereocenters. The zero-order chi connectivity index (χ0) is 21.8. The zero-order valence-electron chi connectivity index (χ0n) is 19.4. The van der Waals surface area contributed by atoms with E-state index in [2.05, 4.69) is 13.8 Å². The van der Waals surface area contributed by atoms with Gasteiger partial charge in [0.15, 0.2) is 0 Å². The zero-order valence-corrected chi connectivity index (χ0v) is 20.2. The first kappa shape index (κ1) is 28.9. The third-order valence-electron chi connectivity index (χ3n) is 6.01. The minimum atomic E-state index is -4.01. The predicted molar refractivity (Wildman–Crippen MR) is 125 cm³/mol. The Hall–Kier alpha value is -0.130. The van der Waals surface area contributed by atoms with Gasteiger partial charge in [0.2, 0.25) is 0 Å². The van der Waals surface area contributed by atoms with Crippen LogP contribution in [0.25, 0.3) is 0 Å². The van der Waals surface area contributed by atoms with E-state index in [9.17, 15) is 18.1 Å². The van der Waals surface area contributed by atoms with Crippen molar-refractivity contribution in [1.82, 2.24) is 0 Å². The van der Waals surface area contributed by atoms with Gasteiger partial charge in [-0.3, -0.25) is 4.55 Å². The van der Waals surface area contributed by atoms with E-state index >= 15 is 0 Å².